The molecule has 0 bridgehead atoms. The summed E-state index contributed by atoms with van der Waals surface area (Å²) in [5, 5.41) is 3.85. The normalized spacial score (nSPS) is 10.7. The smallest absolute Gasteiger partial charge is 0.224 e. The van der Waals surface area contributed by atoms with E-state index in [0.717, 1.165) is 27.8 Å². The van der Waals surface area contributed by atoms with E-state index in [2.05, 4.69) is 5.32 Å². The maximum atomic E-state index is 12.0. The van der Waals surface area contributed by atoms with Gasteiger partial charge in [0.2, 0.25) is 5.91 Å². The summed E-state index contributed by atoms with van der Waals surface area (Å²) >= 11 is 0. The fourth-order valence-corrected chi connectivity index (χ4v) is 2.44. The molecule has 0 aliphatic rings. The molecule has 0 unspecified atom stereocenters. The van der Waals surface area contributed by atoms with Crippen molar-refractivity contribution in [2.45, 2.75) is 13.3 Å². The number of benzene rings is 2. The van der Waals surface area contributed by atoms with Crippen molar-refractivity contribution in [2.24, 2.45) is 0 Å². The summed E-state index contributed by atoms with van der Waals surface area (Å²) in [5.74, 6) is 0.767. The van der Waals surface area contributed by atoms with Gasteiger partial charge in [-0.15, -0.1) is 0 Å². The summed E-state index contributed by atoms with van der Waals surface area (Å²) < 4.78 is 11.1. The second-order valence-corrected chi connectivity index (χ2v) is 5.45. The lowest BCUT2D eigenvalue weighted by atomic mass is 10.1. The largest absolute Gasteiger partial charge is 0.492 e. The minimum absolute atomic E-state index is 0.0371. The first-order chi connectivity index (χ1) is 11.2. The number of carbonyl (C=O) groups is 1. The number of furan rings is 1. The highest BCUT2D eigenvalue weighted by Crippen LogP contribution is 2.22. The first kappa shape index (κ1) is 15.2. The Bertz CT molecular complexity index is 793. The third-order valence-corrected chi connectivity index (χ3v) is 3.60. The number of hydrogen-bond donors (Lipinski definition) is 1. The van der Waals surface area contributed by atoms with Crippen LogP contribution in [-0.2, 0) is 11.2 Å². The molecular formula is C19H19NO3. The molecule has 3 aromatic rings. The van der Waals surface area contributed by atoms with Crippen LogP contribution >= 0.6 is 0 Å². The molecule has 1 N–H and O–H groups in total. The Kier molecular flexibility index (Phi) is 4.62. The highest BCUT2D eigenvalue weighted by Gasteiger charge is 2.10. The van der Waals surface area contributed by atoms with Gasteiger partial charge in [-0.25, -0.2) is 0 Å². The molecule has 0 saturated carbocycles. The minimum Gasteiger partial charge on any atom is -0.492 e. The van der Waals surface area contributed by atoms with Gasteiger partial charge >= 0.3 is 0 Å². The Labute approximate surface area is 135 Å². The van der Waals surface area contributed by atoms with Crippen molar-refractivity contribution >= 4 is 16.9 Å². The molecule has 118 valence electrons. The van der Waals surface area contributed by atoms with Crippen molar-refractivity contribution < 1.29 is 13.9 Å². The van der Waals surface area contributed by atoms with E-state index in [0.29, 0.717) is 19.6 Å². The predicted molar refractivity (Wildman–Crippen MR) is 89.6 cm³/mol. The lowest BCUT2D eigenvalue weighted by Crippen LogP contribution is -2.29. The van der Waals surface area contributed by atoms with Crippen molar-refractivity contribution in [1.82, 2.24) is 5.32 Å². The molecule has 2 aromatic carbocycles. The number of amides is 1. The van der Waals surface area contributed by atoms with Crippen LogP contribution in [0.4, 0.5) is 0 Å². The highest BCUT2D eigenvalue weighted by molar-refractivity contribution is 5.87. The van der Waals surface area contributed by atoms with E-state index < -0.39 is 0 Å². The molecule has 3 rings (SSSR count). The quantitative estimate of drug-likeness (QED) is 0.709. The second-order valence-electron chi connectivity index (χ2n) is 5.45. The first-order valence-electron chi connectivity index (χ1n) is 7.63. The van der Waals surface area contributed by atoms with E-state index in [1.807, 2.05) is 55.5 Å². The number of hydrogen-bond acceptors (Lipinski definition) is 3. The lowest BCUT2D eigenvalue weighted by Gasteiger charge is -2.07. The first-order valence-corrected chi connectivity index (χ1v) is 7.63. The zero-order chi connectivity index (χ0) is 16.1. The predicted octanol–water partition coefficient (Wildman–Crippen LogP) is 3.48. The van der Waals surface area contributed by atoms with E-state index in [4.69, 9.17) is 9.15 Å². The third-order valence-electron chi connectivity index (χ3n) is 3.60. The topological polar surface area (TPSA) is 51.5 Å². The maximum absolute atomic E-state index is 12.0. The number of carbonyl (C=O) groups excluding carboxylic acids is 1. The van der Waals surface area contributed by atoms with Crippen LogP contribution in [0.3, 0.4) is 0 Å². The van der Waals surface area contributed by atoms with Gasteiger partial charge in [-0.2, -0.15) is 0 Å². The van der Waals surface area contributed by atoms with E-state index >= 15 is 0 Å². The van der Waals surface area contributed by atoms with Crippen LogP contribution in [0.25, 0.3) is 11.0 Å². The Balaban J connectivity index is 1.49. The van der Waals surface area contributed by atoms with E-state index in [9.17, 15) is 4.79 Å². The van der Waals surface area contributed by atoms with Gasteiger partial charge in [-0.05, 0) is 30.7 Å². The van der Waals surface area contributed by atoms with Gasteiger partial charge in [0.15, 0.2) is 0 Å². The summed E-state index contributed by atoms with van der Waals surface area (Å²) in [4.78, 5) is 12.0. The average Bonchev–Trinajstić information content (AvgIpc) is 2.94. The standard InChI is InChI=1S/C19H19NO3/c1-14-7-8-17-15(13-23-18(17)11-14)12-19(21)20-9-10-22-16-5-3-2-4-6-16/h2-8,11,13H,9-10,12H2,1H3,(H,20,21). The molecule has 0 aliphatic heterocycles. The summed E-state index contributed by atoms with van der Waals surface area (Å²) in [6.07, 6.45) is 1.96. The molecular weight excluding hydrogens is 290 g/mol. The van der Waals surface area contributed by atoms with Gasteiger partial charge in [-0.3, -0.25) is 4.79 Å². The number of para-hydroxylation sites is 1. The van der Waals surface area contributed by atoms with Gasteiger partial charge in [0.1, 0.15) is 17.9 Å². The van der Waals surface area contributed by atoms with Gasteiger partial charge in [0.05, 0.1) is 19.2 Å². The summed E-state index contributed by atoms with van der Waals surface area (Å²) in [6, 6.07) is 15.5. The fraction of sp³-hybridized carbons (Fsp3) is 0.211. The lowest BCUT2D eigenvalue weighted by molar-refractivity contribution is -0.120. The van der Waals surface area contributed by atoms with E-state index in [1.165, 1.54) is 0 Å². The van der Waals surface area contributed by atoms with Crippen LogP contribution < -0.4 is 10.1 Å². The molecule has 4 heteroatoms. The SMILES string of the molecule is Cc1ccc2c(CC(=O)NCCOc3ccccc3)coc2c1. The Hall–Kier alpha value is -2.75. The molecule has 1 amide bonds. The molecule has 0 spiro atoms. The van der Waals surface area contributed by atoms with Crippen LogP contribution in [0.15, 0.2) is 59.2 Å². The summed E-state index contributed by atoms with van der Waals surface area (Å²) in [6.45, 7) is 2.94. The average molecular weight is 309 g/mol. The molecule has 23 heavy (non-hydrogen) atoms. The molecule has 0 atom stereocenters. The third kappa shape index (κ3) is 3.92. The summed E-state index contributed by atoms with van der Waals surface area (Å²) in [5.41, 5.74) is 2.86. The maximum Gasteiger partial charge on any atom is 0.224 e. The zero-order valence-electron chi connectivity index (χ0n) is 13.0. The van der Waals surface area contributed by atoms with Gasteiger partial charge in [0, 0.05) is 10.9 Å². The molecule has 1 heterocycles. The van der Waals surface area contributed by atoms with Crippen LogP contribution in [0.5, 0.6) is 5.75 Å². The Morgan fingerprint density at radius 1 is 1.17 bits per heavy atom. The number of rotatable bonds is 6. The summed E-state index contributed by atoms with van der Waals surface area (Å²) in [7, 11) is 0. The number of nitrogens with one attached hydrogen (secondary N) is 1. The van der Waals surface area contributed by atoms with Crippen molar-refractivity contribution in [1.29, 1.82) is 0 Å². The van der Waals surface area contributed by atoms with Gasteiger partial charge in [0.25, 0.3) is 0 Å². The van der Waals surface area contributed by atoms with E-state index in [-0.39, 0.29) is 5.91 Å². The van der Waals surface area contributed by atoms with Crippen molar-refractivity contribution in [2.75, 3.05) is 13.2 Å². The van der Waals surface area contributed by atoms with E-state index in [1.54, 1.807) is 6.26 Å². The monoisotopic (exact) mass is 309 g/mol. The van der Waals surface area contributed by atoms with Crippen LogP contribution in [-0.4, -0.2) is 19.1 Å². The molecule has 0 aliphatic carbocycles. The fourth-order valence-electron chi connectivity index (χ4n) is 2.44. The second kappa shape index (κ2) is 7.01. The van der Waals surface area contributed by atoms with Crippen LogP contribution in [0.1, 0.15) is 11.1 Å². The Morgan fingerprint density at radius 3 is 2.83 bits per heavy atom. The minimum atomic E-state index is -0.0371. The number of ether oxygens (including phenoxy) is 1. The van der Waals surface area contributed by atoms with Crippen LogP contribution in [0, 0.1) is 6.92 Å². The van der Waals surface area contributed by atoms with Crippen molar-refractivity contribution in [3.63, 3.8) is 0 Å². The van der Waals surface area contributed by atoms with Crippen LogP contribution in [0.2, 0.25) is 0 Å². The number of fused-ring (bicyclic) bond motifs is 1. The molecule has 0 radical (unpaired) electrons. The molecule has 0 saturated heterocycles. The van der Waals surface area contributed by atoms with Crippen molar-refractivity contribution in [3.8, 4) is 5.75 Å². The Morgan fingerprint density at radius 2 is 2.00 bits per heavy atom. The molecule has 4 nitrogen and oxygen atoms in total. The number of aryl methyl sites for hydroxylation is 1. The zero-order valence-corrected chi connectivity index (χ0v) is 13.0. The highest BCUT2D eigenvalue weighted by atomic mass is 16.5. The van der Waals surface area contributed by atoms with Crippen molar-refractivity contribution in [3.05, 3.63) is 65.9 Å². The van der Waals surface area contributed by atoms with Gasteiger partial charge < -0.3 is 14.5 Å². The molecule has 1 aromatic heterocycles. The van der Waals surface area contributed by atoms with Gasteiger partial charge in [-0.1, -0.05) is 30.3 Å². The molecule has 0 fully saturated rings.